The van der Waals surface area contributed by atoms with Gasteiger partial charge in [-0.1, -0.05) is 12.1 Å². The first-order valence-electron chi connectivity index (χ1n) is 9.13. The third-order valence-corrected chi connectivity index (χ3v) is 5.81. The second kappa shape index (κ2) is 7.43. The summed E-state index contributed by atoms with van der Waals surface area (Å²) < 4.78 is 23.0. The predicted molar refractivity (Wildman–Crippen MR) is 110 cm³/mol. The lowest BCUT2D eigenvalue weighted by molar-refractivity contribution is -0.111. The zero-order valence-corrected chi connectivity index (χ0v) is 16.3. The van der Waals surface area contributed by atoms with Crippen LogP contribution in [0, 0.1) is 0 Å². The number of allylic oxidation sites excluding steroid dienone is 1. The van der Waals surface area contributed by atoms with E-state index in [0.29, 0.717) is 37.2 Å². The molecule has 1 aliphatic carbocycles. The number of carbonyl (C=O) groups is 2. The Morgan fingerprint density at radius 3 is 2.86 bits per heavy atom. The summed E-state index contributed by atoms with van der Waals surface area (Å²) in [6.45, 7) is 1.25. The van der Waals surface area contributed by atoms with Crippen molar-refractivity contribution in [1.29, 1.82) is 0 Å². The van der Waals surface area contributed by atoms with E-state index in [1.165, 1.54) is 24.3 Å². The number of Topliss-reactive ketones (excluding diaryl/α,β-unsaturated/α-hetero) is 1. The molecule has 2 aliphatic rings. The predicted octanol–water partition coefficient (Wildman–Crippen LogP) is 1.78. The molecule has 2 aromatic rings. The number of sulfonamides is 1. The Balaban J connectivity index is 1.67. The van der Waals surface area contributed by atoms with E-state index in [9.17, 15) is 18.0 Å². The van der Waals surface area contributed by atoms with Crippen molar-refractivity contribution in [3.05, 3.63) is 58.9 Å². The van der Waals surface area contributed by atoms with Gasteiger partial charge >= 0.3 is 0 Å². The summed E-state index contributed by atoms with van der Waals surface area (Å²) in [6.07, 6.45) is 6.10. The van der Waals surface area contributed by atoms with E-state index in [2.05, 4.69) is 15.6 Å². The van der Waals surface area contributed by atoms with E-state index in [1.807, 2.05) is 12.2 Å². The summed E-state index contributed by atoms with van der Waals surface area (Å²) in [5.74, 6) is -0.387. The number of anilines is 1. The van der Waals surface area contributed by atoms with Crippen LogP contribution in [0.5, 0.6) is 0 Å². The van der Waals surface area contributed by atoms with Crippen LogP contribution < -0.4 is 15.8 Å². The van der Waals surface area contributed by atoms with E-state index in [1.54, 1.807) is 6.07 Å². The monoisotopic (exact) mass is 412 g/mol. The molecule has 0 spiro atoms. The average Bonchev–Trinajstić information content (AvgIpc) is 2.93. The molecule has 0 atom stereocenters. The summed E-state index contributed by atoms with van der Waals surface area (Å²) in [5, 5.41) is 11.1. The van der Waals surface area contributed by atoms with E-state index in [4.69, 9.17) is 5.14 Å². The number of amides is 1. The normalized spacial score (nSPS) is 17.6. The van der Waals surface area contributed by atoms with Gasteiger partial charge in [-0.05, 0) is 42.8 Å². The van der Waals surface area contributed by atoms with Gasteiger partial charge in [-0.3, -0.25) is 9.59 Å². The Labute approximate surface area is 167 Å². The fourth-order valence-corrected chi connectivity index (χ4v) is 4.21. The van der Waals surface area contributed by atoms with Crippen LogP contribution in [-0.4, -0.2) is 31.6 Å². The molecular formula is C20H20N4O4S. The average molecular weight is 412 g/mol. The minimum atomic E-state index is -3.87. The third-order valence-electron chi connectivity index (χ3n) is 4.90. The van der Waals surface area contributed by atoms with Crippen molar-refractivity contribution in [3.8, 4) is 0 Å². The van der Waals surface area contributed by atoms with Crippen LogP contribution in [0.25, 0.3) is 11.6 Å². The fraction of sp³-hybridized carbons (Fsp3) is 0.200. The molecule has 5 N–H and O–H groups in total. The number of ketones is 1. The van der Waals surface area contributed by atoms with E-state index in [-0.39, 0.29) is 10.7 Å². The molecule has 0 bridgehead atoms. The summed E-state index contributed by atoms with van der Waals surface area (Å²) in [7, 11) is -3.87. The number of hydrogen-bond donors (Lipinski definition) is 4. The largest absolute Gasteiger partial charge is 0.357 e. The molecule has 1 aliphatic heterocycles. The van der Waals surface area contributed by atoms with Crippen LogP contribution in [0.3, 0.4) is 0 Å². The number of carbonyl (C=O) groups excluding carboxylic acids is 2. The molecule has 0 fully saturated rings. The molecule has 1 amide bonds. The number of hydrogen-bond acceptors (Lipinski definition) is 5. The lowest BCUT2D eigenvalue weighted by Gasteiger charge is -2.11. The maximum atomic E-state index is 12.6. The van der Waals surface area contributed by atoms with Gasteiger partial charge in [0.15, 0.2) is 5.78 Å². The Bertz CT molecular complexity index is 1180. The highest BCUT2D eigenvalue weighted by Crippen LogP contribution is 2.34. The highest BCUT2D eigenvalue weighted by molar-refractivity contribution is 7.89. The molecule has 4 rings (SSSR count). The van der Waals surface area contributed by atoms with Gasteiger partial charge in [0.05, 0.1) is 10.5 Å². The van der Waals surface area contributed by atoms with Crippen molar-refractivity contribution in [3.63, 3.8) is 0 Å². The third kappa shape index (κ3) is 3.93. The summed E-state index contributed by atoms with van der Waals surface area (Å²) in [6, 6.07) is 5.75. The van der Waals surface area contributed by atoms with Gasteiger partial charge in [0, 0.05) is 41.7 Å². The van der Waals surface area contributed by atoms with Gasteiger partial charge in [-0.2, -0.15) is 0 Å². The first-order chi connectivity index (χ1) is 13.8. The first kappa shape index (κ1) is 19.3. The van der Waals surface area contributed by atoms with Crippen molar-refractivity contribution < 1.29 is 18.0 Å². The van der Waals surface area contributed by atoms with Gasteiger partial charge in [-0.15, -0.1) is 0 Å². The van der Waals surface area contributed by atoms with Crippen LogP contribution in [-0.2, 0) is 21.4 Å². The summed E-state index contributed by atoms with van der Waals surface area (Å²) in [4.78, 5) is 28.3. The number of benzene rings is 1. The smallest absolute Gasteiger partial charge is 0.248 e. The Hall–Kier alpha value is -3.01. The number of aromatic nitrogens is 1. The number of primary sulfonamides is 1. The van der Waals surface area contributed by atoms with E-state index in [0.717, 1.165) is 22.5 Å². The van der Waals surface area contributed by atoms with Crippen LogP contribution in [0.15, 0.2) is 41.3 Å². The molecule has 1 aromatic heterocycles. The molecule has 0 radical (unpaired) electrons. The molecule has 0 saturated heterocycles. The quantitative estimate of drug-likeness (QED) is 0.570. The van der Waals surface area contributed by atoms with Gasteiger partial charge in [0.25, 0.3) is 0 Å². The maximum absolute atomic E-state index is 12.6. The lowest BCUT2D eigenvalue weighted by atomic mass is 9.92. The number of aromatic amines is 1. The SMILES string of the molecule is NS(=O)(=O)c1cccc(NC(=O)C=C2CCNCc3[nH]c4c(c32)C(=O)CC=C4)c1. The Morgan fingerprint density at radius 2 is 2.07 bits per heavy atom. The van der Waals surface area contributed by atoms with Crippen molar-refractivity contribution >= 4 is 39.1 Å². The van der Waals surface area contributed by atoms with Gasteiger partial charge < -0.3 is 15.6 Å². The van der Waals surface area contributed by atoms with Crippen molar-refractivity contribution in [2.75, 3.05) is 11.9 Å². The molecule has 2 heterocycles. The van der Waals surface area contributed by atoms with Crippen molar-refractivity contribution in [2.24, 2.45) is 5.14 Å². The summed E-state index contributed by atoms with van der Waals surface area (Å²) >= 11 is 0. The molecule has 8 nitrogen and oxygen atoms in total. The number of fused-ring (bicyclic) bond motifs is 3. The zero-order valence-electron chi connectivity index (χ0n) is 15.5. The Kier molecular flexibility index (Phi) is 4.95. The molecule has 1 aromatic carbocycles. The summed E-state index contributed by atoms with van der Waals surface area (Å²) in [5.41, 5.74) is 4.13. The van der Waals surface area contributed by atoms with Crippen molar-refractivity contribution in [1.82, 2.24) is 10.3 Å². The number of H-pyrrole nitrogens is 1. The second-order valence-corrected chi connectivity index (χ2v) is 8.52. The standard InChI is InChI=1S/C20H20N4O4S/c21-29(27,28)14-4-1-3-13(10-14)23-18(26)9-12-7-8-22-11-16-19(12)20-15(24-16)5-2-6-17(20)25/h1-5,9-10,22,24H,6-8,11H2,(H,23,26)(H2,21,27,28). The minimum Gasteiger partial charge on any atom is -0.357 e. The van der Waals surface area contributed by atoms with Gasteiger partial charge in [-0.25, -0.2) is 13.6 Å². The molecule has 150 valence electrons. The van der Waals surface area contributed by atoms with Crippen LogP contribution in [0.2, 0.25) is 0 Å². The molecule has 0 saturated carbocycles. The fourth-order valence-electron chi connectivity index (χ4n) is 3.65. The number of rotatable bonds is 3. The van der Waals surface area contributed by atoms with Gasteiger partial charge in [0.1, 0.15) is 0 Å². The minimum absolute atomic E-state index is 0.0223. The van der Waals surface area contributed by atoms with Crippen LogP contribution >= 0.6 is 0 Å². The van der Waals surface area contributed by atoms with E-state index < -0.39 is 15.9 Å². The lowest BCUT2D eigenvalue weighted by Crippen LogP contribution is -2.14. The highest BCUT2D eigenvalue weighted by atomic mass is 32.2. The van der Waals surface area contributed by atoms with Crippen LogP contribution in [0.4, 0.5) is 5.69 Å². The van der Waals surface area contributed by atoms with E-state index >= 15 is 0 Å². The highest BCUT2D eigenvalue weighted by Gasteiger charge is 2.27. The molecule has 0 unspecified atom stereocenters. The van der Waals surface area contributed by atoms with Gasteiger partial charge in [0.2, 0.25) is 15.9 Å². The van der Waals surface area contributed by atoms with Crippen LogP contribution in [0.1, 0.15) is 40.2 Å². The van der Waals surface area contributed by atoms with Crippen molar-refractivity contribution in [2.45, 2.75) is 24.3 Å². The Morgan fingerprint density at radius 1 is 1.24 bits per heavy atom. The second-order valence-electron chi connectivity index (χ2n) is 6.96. The zero-order chi connectivity index (χ0) is 20.6. The topological polar surface area (TPSA) is 134 Å². The molecular weight excluding hydrogens is 392 g/mol. The molecule has 29 heavy (non-hydrogen) atoms. The first-order valence-corrected chi connectivity index (χ1v) is 10.7. The number of nitrogens with one attached hydrogen (secondary N) is 3. The number of nitrogens with two attached hydrogens (primary N) is 1. The maximum Gasteiger partial charge on any atom is 0.248 e. The molecule has 9 heteroatoms.